The van der Waals surface area contributed by atoms with Gasteiger partial charge in [-0.2, -0.15) is 13.2 Å². The number of phenols is 1. The van der Waals surface area contributed by atoms with Gasteiger partial charge in [0.1, 0.15) is 36.0 Å². The SMILES string of the molecule is CNCCCCCCC(=O)N[C@@H](CCCN=C(N)N)C(=O)N1CCC[C@H]1C(=O)N[C@@H](Cc1ccc(O)cc1)C(=O)N[C@H](C(=O)N[C@@H](CC(C)C)C(=O)O)C(C)(C)C.O=C(O)C(F)(F)F. The largest absolute Gasteiger partial charge is 0.508 e. The van der Waals surface area contributed by atoms with Gasteiger partial charge >= 0.3 is 18.1 Å². The van der Waals surface area contributed by atoms with Crippen LogP contribution in [0.5, 0.6) is 5.75 Å². The molecule has 0 spiro atoms. The molecule has 5 amide bonds. The van der Waals surface area contributed by atoms with Crippen molar-refractivity contribution in [2.75, 3.05) is 26.7 Å². The Hall–Kier alpha value is -5.67. The average Bonchev–Trinajstić information content (AvgIpc) is 3.69. The monoisotopic (exact) mass is 916 g/mol. The Morgan fingerprint density at radius 1 is 0.844 bits per heavy atom. The quantitative estimate of drug-likeness (QED) is 0.0403. The maximum atomic E-state index is 14.1. The van der Waals surface area contributed by atoms with Crippen LogP contribution in [-0.4, -0.2) is 131 Å². The first-order valence-electron chi connectivity index (χ1n) is 21.3. The maximum Gasteiger partial charge on any atom is 0.490 e. The topological polar surface area (TPSA) is 308 Å². The van der Waals surface area contributed by atoms with Crippen molar-refractivity contribution in [1.82, 2.24) is 31.5 Å². The summed E-state index contributed by atoms with van der Waals surface area (Å²) in [6, 6.07) is 0.618. The van der Waals surface area contributed by atoms with E-state index >= 15 is 0 Å². The number of carbonyl (C=O) groups is 7. The molecule has 0 unspecified atom stereocenters. The average molecular weight is 916 g/mol. The maximum absolute atomic E-state index is 14.1. The lowest BCUT2D eigenvalue weighted by Gasteiger charge is -2.33. The molecule has 0 radical (unpaired) electrons. The lowest BCUT2D eigenvalue weighted by molar-refractivity contribution is -0.192. The summed E-state index contributed by atoms with van der Waals surface area (Å²) < 4.78 is 31.7. The fraction of sp³-hybridized carbons (Fsp3) is 0.667. The van der Waals surface area contributed by atoms with Crippen LogP contribution in [0.15, 0.2) is 29.3 Å². The summed E-state index contributed by atoms with van der Waals surface area (Å²) >= 11 is 0. The number of halogens is 3. The third kappa shape index (κ3) is 21.6. The number of rotatable bonds is 24. The first kappa shape index (κ1) is 56.3. The number of phenolic OH excluding ortho intramolecular Hbond substituents is 1. The number of guanidine groups is 1. The van der Waals surface area contributed by atoms with Crippen molar-refractivity contribution in [2.24, 2.45) is 27.8 Å². The van der Waals surface area contributed by atoms with Gasteiger partial charge in [-0.15, -0.1) is 0 Å². The third-order valence-corrected chi connectivity index (χ3v) is 9.99. The summed E-state index contributed by atoms with van der Waals surface area (Å²) in [7, 11) is 1.89. The van der Waals surface area contributed by atoms with Crippen molar-refractivity contribution in [1.29, 1.82) is 0 Å². The highest BCUT2D eigenvalue weighted by Crippen LogP contribution is 2.23. The van der Waals surface area contributed by atoms with Crippen molar-refractivity contribution in [3.8, 4) is 5.75 Å². The summed E-state index contributed by atoms with van der Waals surface area (Å²) in [5.74, 6) is -6.75. The van der Waals surface area contributed by atoms with Crippen LogP contribution in [0, 0.1) is 11.3 Å². The Labute approximate surface area is 372 Å². The van der Waals surface area contributed by atoms with E-state index in [9.17, 15) is 52.2 Å². The van der Waals surface area contributed by atoms with Gasteiger partial charge in [-0.1, -0.05) is 59.6 Å². The van der Waals surface area contributed by atoms with Gasteiger partial charge < -0.3 is 58.3 Å². The molecule has 0 aliphatic carbocycles. The number of carboxylic acid groups (broad SMARTS) is 2. The lowest BCUT2D eigenvalue weighted by atomic mass is 9.85. The number of hydrogen-bond acceptors (Lipinski definition) is 10. The van der Waals surface area contributed by atoms with Gasteiger partial charge in [-0.25, -0.2) is 9.59 Å². The minimum absolute atomic E-state index is 0.00668. The second kappa shape index (κ2) is 27.5. The number of carbonyl (C=O) groups excluding carboxylic acids is 5. The number of aliphatic carboxylic acids is 2. The molecule has 2 rings (SSSR count). The zero-order chi connectivity index (χ0) is 48.8. The number of likely N-dealkylation sites (tertiary alicyclic amines) is 1. The summed E-state index contributed by atoms with van der Waals surface area (Å²) in [6.45, 7) is 10.2. The molecule has 1 aliphatic heterocycles. The molecule has 5 atom stereocenters. The van der Waals surface area contributed by atoms with Crippen molar-refractivity contribution in [2.45, 2.75) is 142 Å². The zero-order valence-corrected chi connectivity index (χ0v) is 37.6. The highest BCUT2D eigenvalue weighted by Gasteiger charge is 2.41. The van der Waals surface area contributed by atoms with Crippen molar-refractivity contribution >= 4 is 47.4 Å². The second-order valence-electron chi connectivity index (χ2n) is 17.1. The van der Waals surface area contributed by atoms with E-state index in [1.165, 1.54) is 17.0 Å². The number of amides is 5. The fourth-order valence-electron chi connectivity index (χ4n) is 6.68. The molecular weight excluding hydrogens is 848 g/mol. The van der Waals surface area contributed by atoms with E-state index < -0.39 is 77.4 Å². The molecule has 1 aliphatic rings. The Morgan fingerprint density at radius 2 is 1.45 bits per heavy atom. The molecule has 1 saturated heterocycles. The number of aliphatic imine (C=N–C) groups is 1. The normalized spacial score (nSPS) is 15.7. The third-order valence-electron chi connectivity index (χ3n) is 9.99. The number of alkyl halides is 3. The minimum Gasteiger partial charge on any atom is -0.508 e. The first-order valence-corrected chi connectivity index (χ1v) is 21.3. The van der Waals surface area contributed by atoms with Crippen LogP contribution in [0.2, 0.25) is 0 Å². The van der Waals surface area contributed by atoms with E-state index in [-0.39, 0.29) is 62.3 Å². The molecule has 0 saturated carbocycles. The standard InChI is InChI=1S/C40H67N9O8.C2HF3O2/c1-25(2)23-30(38(56)57)47-36(54)33(40(3,4)5)48-34(52)29(24-26-16-18-27(50)19-17-26)46-35(53)31-14-12-22-49(31)37(55)28(13-11-21-44-39(41)42)45-32(51)15-9-7-8-10-20-43-6;3-2(4,5)1(6)7/h16-19,25,28-31,33,43,50H,7-15,20-24H2,1-6H3,(H,45,51)(H,46,53)(H,47,54)(H,48,52)(H,56,57)(H4,41,42,44);(H,6,7)/t28-,29-,30-,31-,33+;/m0./s1. The first-order chi connectivity index (χ1) is 29.8. The van der Waals surface area contributed by atoms with Crippen molar-refractivity contribution < 1.29 is 62.1 Å². The second-order valence-corrected chi connectivity index (χ2v) is 17.1. The Bertz CT molecular complexity index is 1720. The molecule has 1 heterocycles. The van der Waals surface area contributed by atoms with E-state index in [0.29, 0.717) is 31.2 Å². The number of aromatic hydroxyl groups is 1. The molecule has 64 heavy (non-hydrogen) atoms. The number of nitrogens with two attached hydrogens (primary N) is 2. The summed E-state index contributed by atoms with van der Waals surface area (Å²) in [5, 5.41) is 40.8. The van der Waals surface area contributed by atoms with Crippen LogP contribution < -0.4 is 38.1 Å². The molecule has 0 bridgehead atoms. The highest BCUT2D eigenvalue weighted by atomic mass is 19.4. The molecule has 12 N–H and O–H groups in total. The number of carboxylic acids is 2. The Morgan fingerprint density at radius 3 is 1.98 bits per heavy atom. The summed E-state index contributed by atoms with van der Waals surface area (Å²) in [6.07, 6.45) is 0.267. The number of hydrogen-bond donors (Lipinski definition) is 10. The molecule has 19 nitrogen and oxygen atoms in total. The fourth-order valence-corrected chi connectivity index (χ4v) is 6.68. The van der Waals surface area contributed by atoms with Crippen molar-refractivity contribution in [3.05, 3.63) is 29.8 Å². The predicted octanol–water partition coefficient (Wildman–Crippen LogP) is 1.90. The molecule has 22 heteroatoms. The van der Waals surface area contributed by atoms with Gasteiger partial charge in [0.15, 0.2) is 5.96 Å². The van der Waals surface area contributed by atoms with Crippen LogP contribution in [0.25, 0.3) is 0 Å². The van der Waals surface area contributed by atoms with E-state index in [4.69, 9.17) is 21.4 Å². The van der Waals surface area contributed by atoms with Gasteiger partial charge in [0, 0.05) is 25.9 Å². The van der Waals surface area contributed by atoms with Crippen molar-refractivity contribution in [3.63, 3.8) is 0 Å². The molecule has 1 aromatic rings. The van der Waals surface area contributed by atoms with Gasteiger partial charge in [-0.3, -0.25) is 29.0 Å². The number of benzene rings is 1. The van der Waals surface area contributed by atoms with Gasteiger partial charge in [0.25, 0.3) is 0 Å². The molecule has 362 valence electrons. The zero-order valence-electron chi connectivity index (χ0n) is 37.6. The summed E-state index contributed by atoms with van der Waals surface area (Å²) in [5.41, 5.74) is 10.7. The van der Waals surface area contributed by atoms with Crippen LogP contribution in [0.4, 0.5) is 13.2 Å². The van der Waals surface area contributed by atoms with Gasteiger partial charge in [-0.05, 0) is 87.6 Å². The van der Waals surface area contributed by atoms with Crippen LogP contribution >= 0.6 is 0 Å². The Balaban J connectivity index is 0.00000269. The highest BCUT2D eigenvalue weighted by molar-refractivity contribution is 5.96. The molecule has 0 aromatic heterocycles. The Kier molecular flexibility index (Phi) is 24.2. The molecular formula is C42H68F3N9O10. The predicted molar refractivity (Wildman–Crippen MR) is 231 cm³/mol. The minimum atomic E-state index is -5.08. The lowest BCUT2D eigenvalue weighted by Crippen LogP contribution is -2.61. The smallest absolute Gasteiger partial charge is 0.490 e. The van der Waals surface area contributed by atoms with E-state index in [1.54, 1.807) is 32.9 Å². The van der Waals surface area contributed by atoms with Gasteiger partial charge in [0.2, 0.25) is 29.5 Å². The van der Waals surface area contributed by atoms with E-state index in [2.05, 4.69) is 31.6 Å². The number of unbranched alkanes of at least 4 members (excludes halogenated alkanes) is 3. The summed E-state index contributed by atoms with van der Waals surface area (Å²) in [4.78, 5) is 95.1. The van der Waals surface area contributed by atoms with E-state index in [0.717, 1.165) is 25.8 Å². The van der Waals surface area contributed by atoms with Gasteiger partial charge in [0.05, 0.1) is 0 Å². The number of nitrogens with zero attached hydrogens (tertiary/aromatic N) is 2. The van der Waals surface area contributed by atoms with Crippen LogP contribution in [0.1, 0.15) is 104 Å². The molecule has 1 aromatic carbocycles. The number of nitrogens with one attached hydrogen (secondary N) is 5. The molecule has 1 fully saturated rings. The van der Waals surface area contributed by atoms with Crippen LogP contribution in [0.3, 0.4) is 0 Å². The van der Waals surface area contributed by atoms with E-state index in [1.807, 2.05) is 20.9 Å². The van der Waals surface area contributed by atoms with Crippen LogP contribution in [-0.2, 0) is 40.0 Å².